The van der Waals surface area contributed by atoms with E-state index in [1.807, 2.05) is 0 Å². The van der Waals surface area contributed by atoms with Crippen molar-refractivity contribution in [3.8, 4) is 0 Å². The first-order chi connectivity index (χ1) is 8.15. The van der Waals surface area contributed by atoms with Crippen molar-refractivity contribution in [2.75, 3.05) is 13.2 Å². The van der Waals surface area contributed by atoms with Gasteiger partial charge in [-0.15, -0.1) is 0 Å². The fourth-order valence-corrected chi connectivity index (χ4v) is 3.17. The van der Waals surface area contributed by atoms with E-state index in [4.69, 9.17) is 9.84 Å². The molecule has 2 aliphatic carbocycles. The molecule has 0 aromatic carbocycles. The summed E-state index contributed by atoms with van der Waals surface area (Å²) in [6.45, 7) is 0.526. The maximum Gasteiger partial charge on any atom is 0.311 e. The Labute approximate surface area is 99.5 Å². The lowest BCUT2D eigenvalue weighted by molar-refractivity contribution is -0.142. The van der Waals surface area contributed by atoms with E-state index in [9.17, 15) is 9.59 Å². The Kier molecular flexibility index (Phi) is 2.58. The first-order valence-corrected chi connectivity index (χ1v) is 6.26. The third kappa shape index (κ3) is 2.04. The summed E-state index contributed by atoms with van der Waals surface area (Å²) < 4.78 is 5.13. The van der Waals surface area contributed by atoms with Gasteiger partial charge in [-0.1, -0.05) is 0 Å². The molecule has 2 N–H and O–H groups in total. The molecule has 5 heteroatoms. The van der Waals surface area contributed by atoms with E-state index >= 15 is 0 Å². The van der Waals surface area contributed by atoms with E-state index in [-0.39, 0.29) is 24.5 Å². The van der Waals surface area contributed by atoms with Crippen LogP contribution in [-0.2, 0) is 14.3 Å². The SMILES string of the molecule is O=C(NC1COCC1C(=O)O)C1CC2CC2C1. The molecule has 4 unspecified atom stereocenters. The van der Waals surface area contributed by atoms with E-state index < -0.39 is 11.9 Å². The number of carboxylic acids is 1. The topological polar surface area (TPSA) is 75.6 Å². The highest BCUT2D eigenvalue weighted by Gasteiger charge is 2.48. The molecule has 0 aromatic heterocycles. The number of fused-ring (bicyclic) bond motifs is 1. The van der Waals surface area contributed by atoms with Crippen LogP contribution in [0.15, 0.2) is 0 Å². The maximum atomic E-state index is 12.0. The smallest absolute Gasteiger partial charge is 0.311 e. The summed E-state index contributed by atoms with van der Waals surface area (Å²) >= 11 is 0. The molecule has 94 valence electrons. The van der Waals surface area contributed by atoms with Crippen LogP contribution in [0.1, 0.15) is 19.3 Å². The highest BCUT2D eigenvalue weighted by atomic mass is 16.5. The van der Waals surface area contributed by atoms with Gasteiger partial charge in [0.2, 0.25) is 5.91 Å². The van der Waals surface area contributed by atoms with Crippen molar-refractivity contribution in [3.05, 3.63) is 0 Å². The van der Waals surface area contributed by atoms with Gasteiger partial charge in [-0.25, -0.2) is 0 Å². The molecule has 5 nitrogen and oxygen atoms in total. The first kappa shape index (κ1) is 11.0. The van der Waals surface area contributed by atoms with E-state index in [1.165, 1.54) is 6.42 Å². The van der Waals surface area contributed by atoms with E-state index in [0.717, 1.165) is 24.7 Å². The maximum absolute atomic E-state index is 12.0. The van der Waals surface area contributed by atoms with Gasteiger partial charge in [-0.3, -0.25) is 9.59 Å². The minimum absolute atomic E-state index is 0.0268. The minimum Gasteiger partial charge on any atom is -0.481 e. The average molecular weight is 239 g/mol. The van der Waals surface area contributed by atoms with Gasteiger partial charge in [0.1, 0.15) is 5.92 Å². The molecule has 17 heavy (non-hydrogen) atoms. The van der Waals surface area contributed by atoms with Gasteiger partial charge in [0.05, 0.1) is 19.3 Å². The van der Waals surface area contributed by atoms with Crippen LogP contribution in [0.2, 0.25) is 0 Å². The summed E-state index contributed by atoms with van der Waals surface area (Å²) in [4.78, 5) is 22.9. The fourth-order valence-electron chi connectivity index (χ4n) is 3.17. The molecule has 1 heterocycles. The lowest BCUT2D eigenvalue weighted by Gasteiger charge is -2.19. The Morgan fingerprint density at radius 3 is 2.47 bits per heavy atom. The highest BCUT2D eigenvalue weighted by Crippen LogP contribution is 2.54. The van der Waals surface area contributed by atoms with E-state index in [0.29, 0.717) is 6.61 Å². The van der Waals surface area contributed by atoms with Gasteiger partial charge in [0, 0.05) is 5.92 Å². The number of nitrogens with one attached hydrogen (secondary N) is 1. The van der Waals surface area contributed by atoms with Crippen molar-refractivity contribution >= 4 is 11.9 Å². The molecule has 3 aliphatic rings. The second-order valence-corrected chi connectivity index (χ2v) is 5.52. The zero-order valence-electron chi connectivity index (χ0n) is 9.59. The van der Waals surface area contributed by atoms with Gasteiger partial charge in [0.25, 0.3) is 0 Å². The van der Waals surface area contributed by atoms with Crippen molar-refractivity contribution in [1.82, 2.24) is 5.32 Å². The monoisotopic (exact) mass is 239 g/mol. The Balaban J connectivity index is 1.55. The molecule has 0 bridgehead atoms. The van der Waals surface area contributed by atoms with Crippen LogP contribution >= 0.6 is 0 Å². The third-order valence-corrected chi connectivity index (χ3v) is 4.34. The number of amides is 1. The zero-order valence-corrected chi connectivity index (χ0v) is 9.59. The lowest BCUT2D eigenvalue weighted by Crippen LogP contribution is -2.44. The van der Waals surface area contributed by atoms with E-state index in [1.54, 1.807) is 0 Å². The molecular weight excluding hydrogens is 222 g/mol. The normalized spacial score (nSPS) is 43.2. The van der Waals surface area contributed by atoms with Crippen molar-refractivity contribution < 1.29 is 19.4 Å². The molecule has 1 aliphatic heterocycles. The molecule has 0 aromatic rings. The molecule has 0 spiro atoms. The molecule has 1 saturated heterocycles. The fraction of sp³-hybridized carbons (Fsp3) is 0.833. The van der Waals surface area contributed by atoms with Gasteiger partial charge in [0.15, 0.2) is 0 Å². The van der Waals surface area contributed by atoms with Crippen LogP contribution in [-0.4, -0.2) is 36.2 Å². The van der Waals surface area contributed by atoms with Gasteiger partial charge in [-0.05, 0) is 31.1 Å². The largest absolute Gasteiger partial charge is 0.481 e. The first-order valence-electron chi connectivity index (χ1n) is 6.26. The Morgan fingerprint density at radius 2 is 1.82 bits per heavy atom. The molecule has 2 saturated carbocycles. The highest BCUT2D eigenvalue weighted by molar-refractivity contribution is 5.81. The molecule has 3 rings (SSSR count). The van der Waals surface area contributed by atoms with Crippen LogP contribution in [0.3, 0.4) is 0 Å². The zero-order chi connectivity index (χ0) is 12.0. The van der Waals surface area contributed by atoms with Gasteiger partial charge in [-0.2, -0.15) is 0 Å². The predicted molar refractivity (Wildman–Crippen MR) is 58.2 cm³/mol. The Bertz CT molecular complexity index is 346. The molecule has 0 radical (unpaired) electrons. The van der Waals surface area contributed by atoms with Crippen LogP contribution in [0.25, 0.3) is 0 Å². The summed E-state index contributed by atoms with van der Waals surface area (Å²) in [6.07, 6.45) is 3.26. The standard InChI is InChI=1S/C12H17NO4/c14-11(8-2-6-1-7(6)3-8)13-10-5-17-4-9(10)12(15)16/h6-10H,1-5H2,(H,13,14)(H,15,16). The van der Waals surface area contributed by atoms with Crippen molar-refractivity contribution in [2.24, 2.45) is 23.7 Å². The predicted octanol–water partition coefficient (Wildman–Crippen LogP) is 0.248. The minimum atomic E-state index is -0.887. The van der Waals surface area contributed by atoms with E-state index in [2.05, 4.69) is 5.32 Å². The van der Waals surface area contributed by atoms with Crippen LogP contribution in [0.5, 0.6) is 0 Å². The number of rotatable bonds is 3. The van der Waals surface area contributed by atoms with Crippen molar-refractivity contribution in [3.63, 3.8) is 0 Å². The van der Waals surface area contributed by atoms with Gasteiger partial charge >= 0.3 is 5.97 Å². The summed E-state index contributed by atoms with van der Waals surface area (Å²) in [7, 11) is 0. The van der Waals surface area contributed by atoms with Crippen molar-refractivity contribution in [2.45, 2.75) is 25.3 Å². The summed E-state index contributed by atoms with van der Waals surface area (Å²) in [6, 6.07) is -0.350. The average Bonchev–Trinajstić information content (AvgIpc) is 2.75. The molecule has 1 amide bonds. The van der Waals surface area contributed by atoms with Gasteiger partial charge < -0.3 is 15.2 Å². The number of hydrogen-bond acceptors (Lipinski definition) is 3. The summed E-state index contributed by atoms with van der Waals surface area (Å²) in [5, 5.41) is 11.8. The Hall–Kier alpha value is -1.10. The number of hydrogen-bond donors (Lipinski definition) is 2. The number of aliphatic carboxylic acids is 1. The summed E-state index contributed by atoms with van der Waals surface area (Å²) in [5.74, 6) is 0.186. The van der Waals surface area contributed by atoms with Crippen LogP contribution < -0.4 is 5.32 Å². The van der Waals surface area contributed by atoms with Crippen LogP contribution in [0.4, 0.5) is 0 Å². The quantitative estimate of drug-likeness (QED) is 0.740. The lowest BCUT2D eigenvalue weighted by atomic mass is 9.99. The van der Waals surface area contributed by atoms with Crippen molar-refractivity contribution in [1.29, 1.82) is 0 Å². The number of ether oxygens (including phenoxy) is 1. The Morgan fingerprint density at radius 1 is 1.12 bits per heavy atom. The number of carbonyl (C=O) groups excluding carboxylic acids is 1. The molecule has 3 fully saturated rings. The third-order valence-electron chi connectivity index (χ3n) is 4.34. The molecular formula is C12H17NO4. The molecule has 4 atom stereocenters. The second kappa shape index (κ2) is 3.98. The van der Waals surface area contributed by atoms with Crippen LogP contribution in [0, 0.1) is 23.7 Å². The number of carboxylic acid groups (broad SMARTS) is 1. The summed E-state index contributed by atoms with van der Waals surface area (Å²) in [5.41, 5.74) is 0. The second-order valence-electron chi connectivity index (χ2n) is 5.52. The number of carbonyl (C=O) groups is 2.